The minimum absolute atomic E-state index is 0.844. The first-order valence-electron chi connectivity index (χ1n) is 6.40. The fraction of sp³-hybridized carbons (Fsp3) is 1.00. The first kappa shape index (κ1) is 14.9. The molecular formula is C12H29N3. The van der Waals surface area contributed by atoms with Gasteiger partial charge in [-0.1, -0.05) is 19.8 Å². The van der Waals surface area contributed by atoms with E-state index in [1.807, 2.05) is 0 Å². The predicted molar refractivity (Wildman–Crippen MR) is 68.2 cm³/mol. The number of unbranched alkanes of at least 4 members (excludes halogenated alkanes) is 3. The van der Waals surface area contributed by atoms with Gasteiger partial charge in [0.05, 0.1) is 0 Å². The molecule has 0 aromatic rings. The van der Waals surface area contributed by atoms with Gasteiger partial charge in [-0.3, -0.25) is 0 Å². The van der Waals surface area contributed by atoms with E-state index >= 15 is 0 Å². The second-order valence-electron chi connectivity index (χ2n) is 4.20. The first-order chi connectivity index (χ1) is 7.31. The molecule has 0 radical (unpaired) electrons. The van der Waals surface area contributed by atoms with E-state index in [1.165, 1.54) is 45.2 Å². The molecule has 0 saturated heterocycles. The molecule has 3 heteroatoms. The summed E-state index contributed by atoms with van der Waals surface area (Å²) >= 11 is 0. The van der Waals surface area contributed by atoms with Crippen molar-refractivity contribution < 1.29 is 0 Å². The van der Waals surface area contributed by atoms with Gasteiger partial charge in [-0.15, -0.1) is 0 Å². The van der Waals surface area contributed by atoms with E-state index in [0.717, 1.165) is 19.6 Å². The normalized spacial score (nSPS) is 11.2. The second-order valence-corrected chi connectivity index (χ2v) is 4.20. The first-order valence-corrected chi connectivity index (χ1v) is 6.40. The molecule has 0 rings (SSSR count). The van der Waals surface area contributed by atoms with Crippen molar-refractivity contribution in [3.63, 3.8) is 0 Å². The fourth-order valence-electron chi connectivity index (χ4n) is 1.50. The number of nitrogens with one attached hydrogen (secondary N) is 1. The Morgan fingerprint density at radius 1 is 1.00 bits per heavy atom. The van der Waals surface area contributed by atoms with Crippen LogP contribution in [0.2, 0.25) is 0 Å². The Hall–Kier alpha value is -0.120. The molecule has 0 saturated carbocycles. The maximum atomic E-state index is 5.43. The van der Waals surface area contributed by atoms with Crippen molar-refractivity contribution >= 4 is 0 Å². The molecule has 0 heterocycles. The number of rotatable bonds is 11. The Morgan fingerprint density at radius 3 is 2.33 bits per heavy atom. The molecule has 0 unspecified atom stereocenters. The highest BCUT2D eigenvalue weighted by Gasteiger charge is 1.93. The van der Waals surface area contributed by atoms with E-state index in [-0.39, 0.29) is 0 Å². The van der Waals surface area contributed by atoms with Gasteiger partial charge in [-0.05, 0) is 59.0 Å². The largest absolute Gasteiger partial charge is 0.330 e. The van der Waals surface area contributed by atoms with Crippen molar-refractivity contribution in [2.24, 2.45) is 5.73 Å². The fourth-order valence-corrected chi connectivity index (χ4v) is 1.50. The molecule has 0 amide bonds. The van der Waals surface area contributed by atoms with Crippen molar-refractivity contribution in [2.45, 2.75) is 39.0 Å². The number of nitrogens with two attached hydrogens (primary N) is 1. The summed E-state index contributed by atoms with van der Waals surface area (Å²) in [4.78, 5) is 2.35. The molecule has 0 aromatic carbocycles. The van der Waals surface area contributed by atoms with Crippen LogP contribution in [-0.2, 0) is 0 Å². The summed E-state index contributed by atoms with van der Waals surface area (Å²) in [5, 5.41) is 3.48. The van der Waals surface area contributed by atoms with E-state index in [9.17, 15) is 0 Å². The van der Waals surface area contributed by atoms with E-state index in [1.54, 1.807) is 0 Å². The van der Waals surface area contributed by atoms with Crippen LogP contribution >= 0.6 is 0 Å². The highest BCUT2D eigenvalue weighted by atomic mass is 15.1. The van der Waals surface area contributed by atoms with Gasteiger partial charge in [-0.2, -0.15) is 0 Å². The summed E-state index contributed by atoms with van der Waals surface area (Å²) in [6.45, 7) is 7.72. The van der Waals surface area contributed by atoms with Gasteiger partial charge in [0.25, 0.3) is 0 Å². The lowest BCUT2D eigenvalue weighted by Gasteiger charge is -2.13. The summed E-state index contributed by atoms with van der Waals surface area (Å²) in [6, 6.07) is 0. The number of hydrogen-bond acceptors (Lipinski definition) is 3. The van der Waals surface area contributed by atoms with E-state index in [2.05, 4.69) is 24.2 Å². The van der Waals surface area contributed by atoms with Crippen LogP contribution in [0.25, 0.3) is 0 Å². The van der Waals surface area contributed by atoms with Gasteiger partial charge in [0.1, 0.15) is 0 Å². The van der Waals surface area contributed by atoms with Crippen LogP contribution < -0.4 is 11.1 Å². The van der Waals surface area contributed by atoms with E-state index < -0.39 is 0 Å². The van der Waals surface area contributed by atoms with Crippen LogP contribution in [0.5, 0.6) is 0 Å². The number of nitrogens with zero attached hydrogens (tertiary/aromatic N) is 1. The summed E-state index contributed by atoms with van der Waals surface area (Å²) in [5.74, 6) is 0. The highest BCUT2D eigenvalue weighted by molar-refractivity contribution is 4.53. The Bertz CT molecular complexity index is 117. The van der Waals surface area contributed by atoms with Gasteiger partial charge in [-0.25, -0.2) is 0 Å². The quantitative estimate of drug-likeness (QED) is 0.512. The zero-order chi connectivity index (χ0) is 11.4. The molecule has 92 valence electrons. The van der Waals surface area contributed by atoms with Gasteiger partial charge in [0, 0.05) is 0 Å². The maximum absolute atomic E-state index is 5.43. The van der Waals surface area contributed by atoms with Crippen LogP contribution in [0.1, 0.15) is 39.0 Å². The minimum Gasteiger partial charge on any atom is -0.330 e. The Morgan fingerprint density at radius 2 is 1.67 bits per heavy atom. The van der Waals surface area contributed by atoms with E-state index in [4.69, 9.17) is 5.73 Å². The molecule has 15 heavy (non-hydrogen) atoms. The summed E-state index contributed by atoms with van der Waals surface area (Å²) < 4.78 is 0. The van der Waals surface area contributed by atoms with Crippen LogP contribution in [0.15, 0.2) is 0 Å². The van der Waals surface area contributed by atoms with Crippen LogP contribution in [0.4, 0.5) is 0 Å². The molecule has 3 nitrogen and oxygen atoms in total. The zero-order valence-corrected chi connectivity index (χ0v) is 10.6. The SMILES string of the molecule is CCN(C)CCCNCCCCCCN. The molecule has 0 aromatic heterocycles. The summed E-state index contributed by atoms with van der Waals surface area (Å²) in [5.41, 5.74) is 5.43. The molecule has 0 bridgehead atoms. The average Bonchev–Trinajstić information content (AvgIpc) is 2.26. The molecule has 0 atom stereocenters. The van der Waals surface area contributed by atoms with Crippen LogP contribution in [0.3, 0.4) is 0 Å². The lowest BCUT2D eigenvalue weighted by atomic mass is 10.2. The Kier molecular flexibility index (Phi) is 11.9. The second kappa shape index (κ2) is 12.0. The summed E-state index contributed by atoms with van der Waals surface area (Å²) in [6.07, 6.45) is 6.34. The van der Waals surface area contributed by atoms with Crippen LogP contribution in [-0.4, -0.2) is 44.7 Å². The zero-order valence-electron chi connectivity index (χ0n) is 10.6. The maximum Gasteiger partial charge on any atom is -0.000981 e. The third kappa shape index (κ3) is 11.8. The molecule has 0 aliphatic rings. The van der Waals surface area contributed by atoms with Crippen molar-refractivity contribution in [1.29, 1.82) is 0 Å². The average molecular weight is 215 g/mol. The van der Waals surface area contributed by atoms with Crippen LogP contribution in [0, 0.1) is 0 Å². The Labute approximate surface area is 95.4 Å². The number of hydrogen-bond donors (Lipinski definition) is 2. The van der Waals surface area contributed by atoms with Crippen molar-refractivity contribution in [2.75, 3.05) is 39.8 Å². The van der Waals surface area contributed by atoms with Crippen molar-refractivity contribution in [3.8, 4) is 0 Å². The van der Waals surface area contributed by atoms with Gasteiger partial charge >= 0.3 is 0 Å². The predicted octanol–water partition coefficient (Wildman–Crippen LogP) is 1.44. The smallest absolute Gasteiger partial charge is 0.000981 e. The third-order valence-corrected chi connectivity index (χ3v) is 2.74. The third-order valence-electron chi connectivity index (χ3n) is 2.74. The van der Waals surface area contributed by atoms with Gasteiger partial charge < -0.3 is 16.0 Å². The molecule has 0 spiro atoms. The highest BCUT2D eigenvalue weighted by Crippen LogP contribution is 1.96. The molecule has 0 aliphatic carbocycles. The lowest BCUT2D eigenvalue weighted by molar-refractivity contribution is 0.344. The lowest BCUT2D eigenvalue weighted by Crippen LogP contribution is -2.24. The topological polar surface area (TPSA) is 41.3 Å². The van der Waals surface area contributed by atoms with Crippen molar-refractivity contribution in [1.82, 2.24) is 10.2 Å². The monoisotopic (exact) mass is 215 g/mol. The van der Waals surface area contributed by atoms with Gasteiger partial charge in [0.2, 0.25) is 0 Å². The van der Waals surface area contributed by atoms with E-state index in [0.29, 0.717) is 0 Å². The molecular weight excluding hydrogens is 186 g/mol. The summed E-state index contributed by atoms with van der Waals surface area (Å²) in [7, 11) is 2.17. The van der Waals surface area contributed by atoms with Crippen molar-refractivity contribution in [3.05, 3.63) is 0 Å². The molecule has 3 N–H and O–H groups in total. The Balaban J connectivity index is 2.92. The molecule has 0 fully saturated rings. The standard InChI is InChI=1S/C12H29N3/c1-3-15(2)12-8-11-14-10-7-5-4-6-9-13/h14H,3-13H2,1-2H3. The van der Waals surface area contributed by atoms with Gasteiger partial charge in [0.15, 0.2) is 0 Å². The minimum atomic E-state index is 0.844. The molecule has 0 aliphatic heterocycles.